The van der Waals surface area contributed by atoms with E-state index in [-0.39, 0.29) is 12.8 Å². The number of hydrogen-bond donors (Lipinski definition) is 1. The highest BCUT2D eigenvalue weighted by Gasteiger charge is 2.57. The smallest absolute Gasteiger partial charge is 0.250 e. The maximum atomic E-state index is 12.6. The number of nitrogens with zero attached hydrogens (tertiary/aromatic N) is 2. The van der Waals surface area contributed by atoms with Crippen LogP contribution in [-0.4, -0.2) is 43.8 Å². The number of likely N-dealkylation sites (tertiary alicyclic amines) is 1. The summed E-state index contributed by atoms with van der Waals surface area (Å²) in [5, 5.41) is 13.3. The van der Waals surface area contributed by atoms with E-state index in [0.29, 0.717) is 28.5 Å². The van der Waals surface area contributed by atoms with Crippen LogP contribution in [0, 0.1) is 29.1 Å². The summed E-state index contributed by atoms with van der Waals surface area (Å²) in [7, 11) is 1.82. The van der Waals surface area contributed by atoms with Crippen LogP contribution in [0.5, 0.6) is 0 Å². The van der Waals surface area contributed by atoms with E-state index in [4.69, 9.17) is 33.3 Å². The van der Waals surface area contributed by atoms with Gasteiger partial charge in [0.05, 0.1) is 11.6 Å². The monoisotopic (exact) mass is 621 g/mol. The number of hydrogen-bond acceptors (Lipinski definition) is 4. The lowest BCUT2D eigenvalue weighted by Crippen LogP contribution is -2.39. The topological polar surface area (TPSA) is 56.1 Å². The SMILES string of the molecule is CC(C)C1CC[C@]2(c3cccc(C#N)c3)CC2C1.CC=O.CCCN1CCC(F)(F)CC1.CNc1cc(Cl)cc(Cl)c1. The predicted octanol–water partition coefficient (Wildman–Crippen LogP) is 9.64. The van der Waals surface area contributed by atoms with E-state index in [2.05, 4.69) is 49.2 Å². The number of rotatable bonds is 5. The largest absolute Gasteiger partial charge is 0.388 e. The van der Waals surface area contributed by atoms with Crippen molar-refractivity contribution in [3.8, 4) is 6.07 Å². The summed E-state index contributed by atoms with van der Waals surface area (Å²) < 4.78 is 25.2. The van der Waals surface area contributed by atoms with Crippen LogP contribution in [0.4, 0.5) is 14.5 Å². The van der Waals surface area contributed by atoms with Gasteiger partial charge in [-0.05, 0) is 105 Å². The van der Waals surface area contributed by atoms with Gasteiger partial charge in [-0.1, -0.05) is 56.1 Å². The van der Waals surface area contributed by atoms with Crippen molar-refractivity contribution in [3.05, 3.63) is 63.6 Å². The second kappa shape index (κ2) is 17.2. The van der Waals surface area contributed by atoms with Crippen LogP contribution in [0.25, 0.3) is 0 Å². The summed E-state index contributed by atoms with van der Waals surface area (Å²) in [4.78, 5) is 10.9. The van der Waals surface area contributed by atoms with Gasteiger partial charge in [-0.25, -0.2) is 8.78 Å². The Labute approximate surface area is 261 Å². The summed E-state index contributed by atoms with van der Waals surface area (Å²) in [5.41, 5.74) is 3.61. The number of carbonyl (C=O) groups is 1. The van der Waals surface area contributed by atoms with E-state index in [1.807, 2.05) is 31.3 Å². The standard InChI is InChI=1S/C17H21N.C8H15F2N.C7H7Cl2N.C2H4O/c1-12(2)14-6-7-17(10-16(17)9-14)15-5-3-4-13(8-15)11-18;1-2-5-11-6-3-8(9,10)4-7-11;1-10-7-3-5(8)2-6(9)4-7;1-2-3/h3-5,8,12,14,16H,6-7,9-10H2,1-2H3;2-7H2,1H3;2-4,10H,1H3;2H,1H3/t14?,16?,17-;;;/m1.../s1. The second-order valence-corrected chi connectivity index (χ2v) is 12.7. The lowest BCUT2D eigenvalue weighted by Gasteiger charge is -2.31. The molecule has 2 aromatic carbocycles. The normalized spacial score (nSPS) is 23.7. The van der Waals surface area contributed by atoms with Crippen LogP contribution >= 0.6 is 23.2 Å². The Bertz CT molecular complexity index is 1140. The van der Waals surface area contributed by atoms with Gasteiger partial charge in [0, 0.05) is 48.7 Å². The molecular formula is C34H47Cl2F2N3O. The first-order chi connectivity index (χ1) is 19.9. The Morgan fingerprint density at radius 3 is 2.24 bits per heavy atom. The second-order valence-electron chi connectivity index (χ2n) is 11.9. The predicted molar refractivity (Wildman–Crippen MR) is 172 cm³/mol. The maximum Gasteiger partial charge on any atom is 0.250 e. The molecule has 0 radical (unpaired) electrons. The zero-order valence-corrected chi connectivity index (χ0v) is 27.2. The molecule has 0 aromatic heterocycles. The van der Waals surface area contributed by atoms with Gasteiger partial charge in [0.1, 0.15) is 6.29 Å². The Morgan fingerprint density at radius 2 is 1.74 bits per heavy atom. The van der Waals surface area contributed by atoms with E-state index in [1.165, 1.54) is 38.2 Å². The van der Waals surface area contributed by atoms with Crippen molar-refractivity contribution in [1.82, 2.24) is 4.90 Å². The number of alkyl halides is 2. The molecule has 0 amide bonds. The Balaban J connectivity index is 0.000000222. The first-order valence-corrected chi connectivity index (χ1v) is 15.8. The summed E-state index contributed by atoms with van der Waals surface area (Å²) >= 11 is 11.4. The van der Waals surface area contributed by atoms with Crippen molar-refractivity contribution in [1.29, 1.82) is 5.26 Å². The van der Waals surface area contributed by atoms with Gasteiger partial charge in [-0.3, -0.25) is 0 Å². The average molecular weight is 623 g/mol. The molecule has 1 saturated heterocycles. The number of carbonyl (C=O) groups excluding carboxylic acids is 1. The highest BCUT2D eigenvalue weighted by molar-refractivity contribution is 6.35. The van der Waals surface area contributed by atoms with Crippen LogP contribution in [0.2, 0.25) is 10.0 Å². The lowest BCUT2D eigenvalue weighted by atomic mass is 9.74. The molecule has 3 atom stereocenters. The van der Waals surface area contributed by atoms with Gasteiger partial charge < -0.3 is 15.0 Å². The number of nitrogens with one attached hydrogen (secondary N) is 1. The fourth-order valence-corrected chi connectivity index (χ4v) is 6.57. The van der Waals surface area contributed by atoms with Gasteiger partial charge in [-0.2, -0.15) is 5.26 Å². The van der Waals surface area contributed by atoms with Crippen molar-refractivity contribution in [3.63, 3.8) is 0 Å². The molecule has 3 aliphatic rings. The van der Waals surface area contributed by atoms with Gasteiger partial charge in [0.2, 0.25) is 0 Å². The molecular weight excluding hydrogens is 575 g/mol. The quantitative estimate of drug-likeness (QED) is 0.338. The molecule has 5 rings (SSSR count). The highest BCUT2D eigenvalue weighted by Crippen LogP contribution is 2.64. The van der Waals surface area contributed by atoms with Crippen LogP contribution in [0.1, 0.15) is 83.8 Å². The van der Waals surface area contributed by atoms with E-state index in [0.717, 1.165) is 48.3 Å². The van der Waals surface area contributed by atoms with Gasteiger partial charge in [0.25, 0.3) is 5.92 Å². The number of fused-ring (bicyclic) bond motifs is 1. The van der Waals surface area contributed by atoms with E-state index < -0.39 is 5.92 Å². The maximum absolute atomic E-state index is 12.6. The molecule has 4 nitrogen and oxygen atoms in total. The first kappa shape index (κ1) is 36.0. The van der Waals surface area contributed by atoms with Crippen molar-refractivity contribution in [2.75, 3.05) is 32.0 Å². The van der Waals surface area contributed by atoms with Crippen LogP contribution in [0.15, 0.2) is 42.5 Å². The van der Waals surface area contributed by atoms with Crippen LogP contribution in [0.3, 0.4) is 0 Å². The lowest BCUT2D eigenvalue weighted by molar-refractivity contribution is -0.106. The van der Waals surface area contributed by atoms with Crippen LogP contribution in [-0.2, 0) is 10.2 Å². The van der Waals surface area contributed by atoms with E-state index >= 15 is 0 Å². The molecule has 2 unspecified atom stereocenters. The van der Waals surface area contributed by atoms with Gasteiger partial charge in [0.15, 0.2) is 0 Å². The molecule has 0 bridgehead atoms. The van der Waals surface area contributed by atoms with E-state index in [1.54, 1.807) is 6.07 Å². The first-order valence-electron chi connectivity index (χ1n) is 15.1. The minimum Gasteiger partial charge on any atom is -0.388 e. The molecule has 1 aliphatic heterocycles. The summed E-state index contributed by atoms with van der Waals surface area (Å²) in [6, 6.07) is 15.9. The minimum atomic E-state index is -2.38. The fourth-order valence-electron chi connectivity index (χ4n) is 6.04. The number of aldehydes is 1. The average Bonchev–Trinajstić information content (AvgIpc) is 3.70. The van der Waals surface area contributed by atoms with E-state index in [9.17, 15) is 8.78 Å². The molecule has 0 spiro atoms. The molecule has 42 heavy (non-hydrogen) atoms. The molecule has 1 N–H and O–H groups in total. The zero-order valence-electron chi connectivity index (χ0n) is 25.7. The van der Waals surface area contributed by atoms with Crippen LogP contribution < -0.4 is 5.32 Å². The molecule has 232 valence electrons. The third kappa shape index (κ3) is 11.1. The van der Waals surface area contributed by atoms with Gasteiger partial charge >= 0.3 is 0 Å². The summed E-state index contributed by atoms with van der Waals surface area (Å²) in [6.07, 6.45) is 7.35. The molecule has 2 aliphatic carbocycles. The molecule has 1 heterocycles. The fraction of sp³-hybridized carbons (Fsp3) is 0.588. The molecule has 3 fully saturated rings. The Hall–Kier alpha value is -2.20. The van der Waals surface area contributed by atoms with Crippen molar-refractivity contribution in [2.45, 2.75) is 84.0 Å². The minimum absolute atomic E-state index is 0.0486. The molecule has 2 aromatic rings. The summed E-state index contributed by atoms with van der Waals surface area (Å²) in [5.74, 6) is 0.246. The van der Waals surface area contributed by atoms with Crippen molar-refractivity contribution in [2.24, 2.45) is 17.8 Å². The summed E-state index contributed by atoms with van der Waals surface area (Å²) in [6.45, 7) is 10.3. The number of halogens is 4. The molecule has 8 heteroatoms. The highest BCUT2D eigenvalue weighted by atomic mass is 35.5. The number of nitriles is 1. The third-order valence-corrected chi connectivity index (χ3v) is 9.00. The Morgan fingerprint density at radius 1 is 1.12 bits per heavy atom. The van der Waals surface area contributed by atoms with Gasteiger partial charge in [-0.15, -0.1) is 0 Å². The van der Waals surface area contributed by atoms with Crippen molar-refractivity contribution >= 4 is 35.2 Å². The Kier molecular flexibility index (Phi) is 14.7. The third-order valence-electron chi connectivity index (χ3n) is 8.57. The number of benzene rings is 2. The number of anilines is 1. The van der Waals surface area contributed by atoms with Crippen molar-refractivity contribution < 1.29 is 13.6 Å². The number of piperidine rings is 1. The zero-order chi connectivity index (χ0) is 31.3. The molecule has 2 saturated carbocycles.